The number of hydrogen-bond donors (Lipinski definition) is 0. The van der Waals surface area contributed by atoms with Gasteiger partial charge in [0, 0.05) is 85.1 Å². The number of para-hydroxylation sites is 2. The maximum absolute atomic E-state index is 2.67. The summed E-state index contributed by atoms with van der Waals surface area (Å²) in [6.45, 7) is 10.1. The third-order valence-corrected chi connectivity index (χ3v) is 14.5. The highest BCUT2D eigenvalue weighted by atomic mass is 15.0. The topological polar surface area (TPSA) is 14.8 Å². The van der Waals surface area contributed by atoms with Crippen molar-refractivity contribution >= 4 is 65.4 Å². The van der Waals surface area contributed by atoms with Crippen LogP contribution in [-0.4, -0.2) is 13.7 Å². The number of aromatic nitrogens is 3. The quantitative estimate of drug-likeness (QED) is 0.0538. The summed E-state index contributed by atoms with van der Waals surface area (Å²) in [6, 6.07) is 47.2. The first-order valence-electron chi connectivity index (χ1n) is 25.8. The van der Waals surface area contributed by atoms with Crippen molar-refractivity contribution in [2.24, 2.45) is 0 Å². The van der Waals surface area contributed by atoms with Crippen LogP contribution in [0.2, 0.25) is 0 Å². The lowest BCUT2D eigenvalue weighted by Crippen LogP contribution is -1.99. The molecule has 0 aliphatic carbocycles. The van der Waals surface area contributed by atoms with Crippen molar-refractivity contribution in [3.8, 4) is 22.3 Å². The molecule has 0 atom stereocenters. The van der Waals surface area contributed by atoms with Crippen LogP contribution in [0.1, 0.15) is 143 Å². The van der Waals surface area contributed by atoms with Crippen molar-refractivity contribution in [3.05, 3.63) is 121 Å². The Labute approximate surface area is 383 Å². The molecule has 0 aliphatic rings. The lowest BCUT2D eigenvalue weighted by Gasteiger charge is -2.11. The molecule has 0 unspecified atom stereocenters. The van der Waals surface area contributed by atoms with Gasteiger partial charge in [0.1, 0.15) is 0 Å². The van der Waals surface area contributed by atoms with Crippen molar-refractivity contribution in [2.75, 3.05) is 0 Å². The van der Waals surface area contributed by atoms with Gasteiger partial charge in [-0.1, -0.05) is 208 Å². The summed E-state index contributed by atoms with van der Waals surface area (Å²) in [6.07, 6.45) is 24.9. The minimum atomic E-state index is 1.04. The molecule has 3 aromatic heterocycles. The van der Waals surface area contributed by atoms with Gasteiger partial charge in [-0.3, -0.25) is 0 Å². The second-order valence-corrected chi connectivity index (χ2v) is 19.1. The number of nitrogens with zero attached hydrogens (tertiary/aromatic N) is 3. The number of aryl methyl sites for hydroxylation is 3. The van der Waals surface area contributed by atoms with E-state index in [0.29, 0.717) is 0 Å². The Morgan fingerprint density at radius 2 is 0.500 bits per heavy atom. The van der Waals surface area contributed by atoms with Gasteiger partial charge in [0.2, 0.25) is 0 Å². The van der Waals surface area contributed by atoms with E-state index in [9.17, 15) is 0 Å². The van der Waals surface area contributed by atoms with Gasteiger partial charge in [0.05, 0.1) is 0 Å². The zero-order chi connectivity index (χ0) is 43.7. The van der Waals surface area contributed by atoms with E-state index < -0.39 is 0 Å². The first-order valence-corrected chi connectivity index (χ1v) is 25.8. The van der Waals surface area contributed by atoms with Crippen LogP contribution in [0, 0.1) is 0 Å². The lowest BCUT2D eigenvalue weighted by atomic mass is 10.00. The molecular weight excluding hydrogens is 775 g/mol. The van der Waals surface area contributed by atoms with Gasteiger partial charge < -0.3 is 13.7 Å². The molecule has 0 aliphatic heterocycles. The first-order chi connectivity index (χ1) is 31.7. The second kappa shape index (κ2) is 21.1. The average molecular weight is 848 g/mol. The van der Waals surface area contributed by atoms with Crippen LogP contribution in [0.3, 0.4) is 0 Å². The van der Waals surface area contributed by atoms with Gasteiger partial charge in [0.25, 0.3) is 0 Å². The number of benzene rings is 6. The molecule has 9 rings (SSSR count). The Kier molecular flexibility index (Phi) is 14.5. The maximum atomic E-state index is 2.67. The highest BCUT2D eigenvalue weighted by Crippen LogP contribution is 2.39. The molecule has 9 aromatic rings. The molecule has 0 saturated carbocycles. The second-order valence-electron chi connectivity index (χ2n) is 19.1. The van der Waals surface area contributed by atoms with E-state index in [-0.39, 0.29) is 0 Å². The van der Waals surface area contributed by atoms with E-state index in [4.69, 9.17) is 0 Å². The third kappa shape index (κ3) is 9.28. The summed E-state index contributed by atoms with van der Waals surface area (Å²) in [5.74, 6) is 0. The molecule has 0 fully saturated rings. The van der Waals surface area contributed by atoms with Gasteiger partial charge in [-0.15, -0.1) is 0 Å². The van der Waals surface area contributed by atoms with Crippen LogP contribution in [0.15, 0.2) is 121 Å². The molecule has 0 radical (unpaired) electrons. The molecule has 0 N–H and O–H groups in total. The summed E-state index contributed by atoms with van der Waals surface area (Å²) < 4.78 is 7.89. The SMILES string of the molecule is CCCCCCCCCn1c2cc(-c3ccc4c5ccccc5n(CCCCCCCC)c4c3)ccc2c2ccc(-c3ccc4c5ccccc5n(CCCCCCCC)c4c3)cc21. The predicted molar refractivity (Wildman–Crippen MR) is 281 cm³/mol. The zero-order valence-electron chi connectivity index (χ0n) is 39.4. The minimum absolute atomic E-state index is 1.04. The molecule has 3 nitrogen and oxygen atoms in total. The summed E-state index contributed by atoms with van der Waals surface area (Å²) in [7, 11) is 0. The van der Waals surface area contributed by atoms with Crippen LogP contribution >= 0.6 is 0 Å². The maximum Gasteiger partial charge on any atom is 0.0497 e. The number of fused-ring (bicyclic) bond motifs is 9. The Bertz CT molecular complexity index is 2760. The molecule has 0 saturated heterocycles. The fourth-order valence-corrected chi connectivity index (χ4v) is 11.0. The fourth-order valence-electron chi connectivity index (χ4n) is 11.0. The number of unbranched alkanes of at least 4 members (excludes halogenated alkanes) is 16. The van der Waals surface area contributed by atoms with Crippen LogP contribution in [0.5, 0.6) is 0 Å². The van der Waals surface area contributed by atoms with E-state index in [1.807, 2.05) is 0 Å². The predicted octanol–water partition coefficient (Wildman–Crippen LogP) is 18.8. The Morgan fingerprint density at radius 1 is 0.250 bits per heavy atom. The molecule has 64 heavy (non-hydrogen) atoms. The van der Waals surface area contributed by atoms with E-state index >= 15 is 0 Å². The molecule has 0 spiro atoms. The van der Waals surface area contributed by atoms with E-state index in [1.165, 1.54) is 210 Å². The van der Waals surface area contributed by atoms with Gasteiger partial charge in [-0.25, -0.2) is 0 Å². The van der Waals surface area contributed by atoms with Crippen molar-refractivity contribution in [1.82, 2.24) is 13.7 Å². The van der Waals surface area contributed by atoms with Crippen LogP contribution in [0.25, 0.3) is 87.7 Å². The summed E-state index contributed by atoms with van der Waals surface area (Å²) in [5, 5.41) is 8.20. The molecule has 3 heterocycles. The van der Waals surface area contributed by atoms with Crippen LogP contribution in [-0.2, 0) is 19.6 Å². The monoisotopic (exact) mass is 848 g/mol. The highest BCUT2D eigenvalue weighted by Gasteiger charge is 2.17. The Hall–Kier alpha value is -5.28. The van der Waals surface area contributed by atoms with Gasteiger partial charge in [-0.2, -0.15) is 0 Å². The van der Waals surface area contributed by atoms with Gasteiger partial charge in [-0.05, 0) is 77.9 Å². The van der Waals surface area contributed by atoms with Crippen molar-refractivity contribution in [2.45, 2.75) is 162 Å². The zero-order valence-corrected chi connectivity index (χ0v) is 39.4. The smallest absolute Gasteiger partial charge is 0.0497 e. The molecule has 0 bridgehead atoms. The standard InChI is InChI=1S/C61H73N3/c1-4-7-10-13-16-19-26-41-64-60-44-48(46-31-35-52-50-27-20-22-29-56(50)62(58(52)42-46)39-24-17-14-11-8-5-2)33-37-54(60)55-38-34-49(45-61(55)64)47-32-36-53-51-28-21-23-30-57(51)63(59(53)43-47)40-25-18-15-12-9-6-3/h20-23,27-38,42-45H,4-19,24-26,39-41H2,1-3H3. The summed E-state index contributed by atoms with van der Waals surface area (Å²) in [4.78, 5) is 0. The summed E-state index contributed by atoms with van der Waals surface area (Å²) in [5.41, 5.74) is 13.4. The highest BCUT2D eigenvalue weighted by molar-refractivity contribution is 6.12. The molecule has 332 valence electrons. The fraction of sp³-hybridized carbons (Fsp3) is 0.410. The Balaban J connectivity index is 1.08. The average Bonchev–Trinajstić information content (AvgIpc) is 3.94. The van der Waals surface area contributed by atoms with Crippen LogP contribution in [0.4, 0.5) is 0 Å². The first kappa shape index (κ1) is 43.9. The largest absolute Gasteiger partial charge is 0.340 e. The number of hydrogen-bond acceptors (Lipinski definition) is 0. The molecule has 6 aromatic carbocycles. The number of rotatable bonds is 24. The van der Waals surface area contributed by atoms with Crippen LogP contribution < -0.4 is 0 Å². The summed E-state index contributed by atoms with van der Waals surface area (Å²) >= 11 is 0. The molecule has 3 heteroatoms. The van der Waals surface area contributed by atoms with Gasteiger partial charge in [0.15, 0.2) is 0 Å². The molecular formula is C61H73N3. The minimum Gasteiger partial charge on any atom is -0.340 e. The lowest BCUT2D eigenvalue weighted by molar-refractivity contribution is 0.561. The third-order valence-electron chi connectivity index (χ3n) is 14.5. The van der Waals surface area contributed by atoms with Crippen molar-refractivity contribution < 1.29 is 0 Å². The van der Waals surface area contributed by atoms with E-state index in [2.05, 4.69) is 156 Å². The Morgan fingerprint density at radius 3 is 0.812 bits per heavy atom. The molecule has 0 amide bonds. The normalized spacial score (nSPS) is 12.1. The van der Waals surface area contributed by atoms with E-state index in [0.717, 1.165) is 19.6 Å². The van der Waals surface area contributed by atoms with E-state index in [1.54, 1.807) is 0 Å². The van der Waals surface area contributed by atoms with Crippen molar-refractivity contribution in [1.29, 1.82) is 0 Å². The van der Waals surface area contributed by atoms with Gasteiger partial charge >= 0.3 is 0 Å². The van der Waals surface area contributed by atoms with Crippen molar-refractivity contribution in [3.63, 3.8) is 0 Å².